The molecule has 1 heterocycles. The first-order valence-corrected chi connectivity index (χ1v) is 6.14. The molecule has 0 unspecified atom stereocenters. The third-order valence-corrected chi connectivity index (χ3v) is 3.04. The standard InChI is InChI=1S/C10H9ClIN3O/c11-9-5-7(12)1-2-10(9)15-6-8(3-4-16)13-14-15/h1-2,5-6,16H,3-4H2. The summed E-state index contributed by atoms with van der Waals surface area (Å²) in [5.74, 6) is 0. The molecule has 0 aliphatic carbocycles. The van der Waals surface area contributed by atoms with Crippen LogP contribution < -0.4 is 0 Å². The molecule has 16 heavy (non-hydrogen) atoms. The van der Waals surface area contributed by atoms with Crippen LogP contribution in [0.1, 0.15) is 5.69 Å². The Labute approximate surface area is 111 Å². The van der Waals surface area contributed by atoms with E-state index < -0.39 is 0 Å². The van der Waals surface area contributed by atoms with E-state index in [4.69, 9.17) is 16.7 Å². The summed E-state index contributed by atoms with van der Waals surface area (Å²) in [5.41, 5.74) is 1.54. The Bertz CT molecular complexity index is 501. The fourth-order valence-electron chi connectivity index (χ4n) is 1.31. The van der Waals surface area contributed by atoms with Gasteiger partial charge in [0.1, 0.15) is 0 Å². The Morgan fingerprint density at radius 3 is 2.94 bits per heavy atom. The molecule has 0 bridgehead atoms. The lowest BCUT2D eigenvalue weighted by Crippen LogP contribution is -1.96. The fraction of sp³-hybridized carbons (Fsp3) is 0.200. The SMILES string of the molecule is OCCc1cn(-c2ccc(I)cc2Cl)nn1. The van der Waals surface area contributed by atoms with Crippen LogP contribution >= 0.6 is 34.2 Å². The van der Waals surface area contributed by atoms with Crippen LogP contribution in [0.25, 0.3) is 5.69 Å². The largest absolute Gasteiger partial charge is 0.396 e. The number of nitrogens with zero attached hydrogens (tertiary/aromatic N) is 3. The number of aliphatic hydroxyl groups is 1. The van der Waals surface area contributed by atoms with E-state index in [2.05, 4.69) is 32.9 Å². The van der Waals surface area contributed by atoms with Crippen LogP contribution in [0.4, 0.5) is 0 Å². The summed E-state index contributed by atoms with van der Waals surface area (Å²) >= 11 is 8.30. The Hall–Kier alpha value is -0.660. The topological polar surface area (TPSA) is 50.9 Å². The molecule has 2 aromatic rings. The third kappa shape index (κ3) is 2.53. The van der Waals surface area contributed by atoms with Crippen molar-refractivity contribution < 1.29 is 5.11 Å². The van der Waals surface area contributed by atoms with E-state index >= 15 is 0 Å². The van der Waals surface area contributed by atoms with Gasteiger partial charge in [0.25, 0.3) is 0 Å². The van der Waals surface area contributed by atoms with E-state index in [1.165, 1.54) is 0 Å². The second-order valence-corrected chi connectivity index (χ2v) is 4.88. The molecule has 4 nitrogen and oxygen atoms in total. The van der Waals surface area contributed by atoms with Crippen LogP contribution in [-0.2, 0) is 6.42 Å². The van der Waals surface area contributed by atoms with Crippen LogP contribution in [0.15, 0.2) is 24.4 Å². The number of hydrogen-bond donors (Lipinski definition) is 1. The molecule has 0 amide bonds. The number of rotatable bonds is 3. The minimum atomic E-state index is 0.0686. The summed E-state index contributed by atoms with van der Waals surface area (Å²) in [5, 5.41) is 17.3. The van der Waals surface area contributed by atoms with Gasteiger partial charge in [-0.1, -0.05) is 16.8 Å². The van der Waals surface area contributed by atoms with Crippen molar-refractivity contribution in [3.05, 3.63) is 38.7 Å². The first kappa shape index (κ1) is 11.8. The van der Waals surface area contributed by atoms with Crippen molar-refractivity contribution in [2.45, 2.75) is 6.42 Å². The highest BCUT2D eigenvalue weighted by Crippen LogP contribution is 2.22. The molecule has 84 valence electrons. The molecule has 0 aliphatic rings. The number of halogens is 2. The number of hydrogen-bond acceptors (Lipinski definition) is 3. The summed E-state index contributed by atoms with van der Waals surface area (Å²) in [7, 11) is 0. The van der Waals surface area contributed by atoms with Crippen LogP contribution in [0.5, 0.6) is 0 Å². The quantitative estimate of drug-likeness (QED) is 0.863. The van der Waals surface area contributed by atoms with E-state index in [1.807, 2.05) is 18.2 Å². The number of aliphatic hydroxyl groups excluding tert-OH is 1. The van der Waals surface area contributed by atoms with Crippen molar-refractivity contribution in [3.8, 4) is 5.69 Å². The molecule has 6 heteroatoms. The van der Waals surface area contributed by atoms with Gasteiger partial charge in [-0.05, 0) is 40.8 Å². The Morgan fingerprint density at radius 1 is 1.44 bits per heavy atom. The highest BCUT2D eigenvalue weighted by molar-refractivity contribution is 14.1. The predicted octanol–water partition coefficient (Wildman–Crippen LogP) is 2.06. The maximum Gasteiger partial charge on any atom is 0.0854 e. The molecule has 0 atom stereocenters. The summed E-state index contributed by atoms with van der Waals surface area (Å²) in [6, 6.07) is 5.71. The van der Waals surface area contributed by atoms with Gasteiger partial charge in [0, 0.05) is 16.6 Å². The van der Waals surface area contributed by atoms with Crippen molar-refractivity contribution >= 4 is 34.2 Å². The van der Waals surface area contributed by atoms with Gasteiger partial charge >= 0.3 is 0 Å². The zero-order valence-corrected chi connectivity index (χ0v) is 11.2. The maximum atomic E-state index is 8.79. The molecule has 2 rings (SSSR count). The second-order valence-electron chi connectivity index (χ2n) is 3.22. The van der Waals surface area contributed by atoms with Gasteiger partial charge in [-0.15, -0.1) is 5.10 Å². The van der Waals surface area contributed by atoms with E-state index in [1.54, 1.807) is 10.9 Å². The number of aromatic nitrogens is 3. The van der Waals surface area contributed by atoms with E-state index in [0.717, 1.165) is 15.0 Å². The molecule has 1 N–H and O–H groups in total. The van der Waals surface area contributed by atoms with Gasteiger partial charge in [-0.2, -0.15) is 0 Å². The fourth-order valence-corrected chi connectivity index (χ4v) is 2.25. The predicted molar refractivity (Wildman–Crippen MR) is 69.9 cm³/mol. The lowest BCUT2D eigenvalue weighted by molar-refractivity contribution is 0.298. The molecular weight excluding hydrogens is 340 g/mol. The first-order valence-electron chi connectivity index (χ1n) is 4.68. The summed E-state index contributed by atoms with van der Waals surface area (Å²) in [4.78, 5) is 0. The van der Waals surface area contributed by atoms with Crippen molar-refractivity contribution in [3.63, 3.8) is 0 Å². The van der Waals surface area contributed by atoms with Crippen LogP contribution in [0.2, 0.25) is 5.02 Å². The van der Waals surface area contributed by atoms with Gasteiger partial charge in [0.2, 0.25) is 0 Å². The van der Waals surface area contributed by atoms with Crippen molar-refractivity contribution in [2.24, 2.45) is 0 Å². The molecule has 1 aromatic carbocycles. The number of benzene rings is 1. The second kappa shape index (κ2) is 5.11. The zero-order chi connectivity index (χ0) is 11.5. The van der Waals surface area contributed by atoms with Gasteiger partial charge < -0.3 is 5.11 Å². The van der Waals surface area contributed by atoms with E-state index in [0.29, 0.717) is 11.4 Å². The lowest BCUT2D eigenvalue weighted by Gasteiger charge is -2.02. The normalized spacial score (nSPS) is 10.7. The highest BCUT2D eigenvalue weighted by Gasteiger charge is 2.06. The summed E-state index contributed by atoms with van der Waals surface area (Å²) in [6.07, 6.45) is 2.27. The smallest absolute Gasteiger partial charge is 0.0854 e. The van der Waals surface area contributed by atoms with Gasteiger partial charge in [0.05, 0.1) is 22.6 Å². The molecule has 0 fully saturated rings. The van der Waals surface area contributed by atoms with Gasteiger partial charge in [0.15, 0.2) is 0 Å². The molecular formula is C10H9ClIN3O. The van der Waals surface area contributed by atoms with Crippen LogP contribution in [0.3, 0.4) is 0 Å². The molecule has 0 radical (unpaired) electrons. The minimum Gasteiger partial charge on any atom is -0.396 e. The summed E-state index contributed by atoms with van der Waals surface area (Å²) in [6.45, 7) is 0.0686. The Balaban J connectivity index is 2.35. The average molecular weight is 350 g/mol. The Kier molecular flexibility index (Phi) is 3.78. The van der Waals surface area contributed by atoms with Crippen LogP contribution in [-0.4, -0.2) is 26.7 Å². The van der Waals surface area contributed by atoms with Crippen LogP contribution in [0, 0.1) is 3.57 Å². The summed E-state index contributed by atoms with van der Waals surface area (Å²) < 4.78 is 2.69. The molecule has 1 aromatic heterocycles. The maximum absolute atomic E-state index is 8.79. The van der Waals surface area contributed by atoms with Crippen molar-refractivity contribution in [1.82, 2.24) is 15.0 Å². The first-order chi connectivity index (χ1) is 7.70. The molecule has 0 saturated carbocycles. The third-order valence-electron chi connectivity index (χ3n) is 2.07. The van der Waals surface area contributed by atoms with Gasteiger partial charge in [-0.25, -0.2) is 4.68 Å². The Morgan fingerprint density at radius 2 is 2.25 bits per heavy atom. The zero-order valence-electron chi connectivity index (χ0n) is 8.27. The van der Waals surface area contributed by atoms with E-state index in [9.17, 15) is 0 Å². The van der Waals surface area contributed by atoms with Crippen molar-refractivity contribution in [2.75, 3.05) is 6.61 Å². The molecule has 0 aliphatic heterocycles. The monoisotopic (exact) mass is 349 g/mol. The van der Waals surface area contributed by atoms with Crippen molar-refractivity contribution in [1.29, 1.82) is 0 Å². The average Bonchev–Trinajstić information content (AvgIpc) is 2.67. The minimum absolute atomic E-state index is 0.0686. The van der Waals surface area contributed by atoms with Gasteiger partial charge in [-0.3, -0.25) is 0 Å². The van der Waals surface area contributed by atoms with E-state index in [-0.39, 0.29) is 6.61 Å². The lowest BCUT2D eigenvalue weighted by atomic mass is 10.3. The highest BCUT2D eigenvalue weighted by atomic mass is 127. The molecule has 0 saturated heterocycles. The molecule has 0 spiro atoms.